The van der Waals surface area contributed by atoms with Gasteiger partial charge in [-0.05, 0) is 87.1 Å². The molecule has 302 valence electrons. The molecule has 2 unspecified atom stereocenters. The number of hydrogen-bond donors (Lipinski definition) is 7. The van der Waals surface area contributed by atoms with Crippen LogP contribution in [0.1, 0.15) is 105 Å². The van der Waals surface area contributed by atoms with E-state index in [0.717, 1.165) is 45.1 Å². The maximum Gasteiger partial charge on any atom is 0.310 e. The number of aldehydes is 1. The van der Waals surface area contributed by atoms with E-state index in [9.17, 15) is 29.4 Å². The lowest BCUT2D eigenvalue weighted by Crippen LogP contribution is -2.33. The van der Waals surface area contributed by atoms with E-state index < -0.39 is 5.97 Å². The summed E-state index contributed by atoms with van der Waals surface area (Å²) >= 11 is 0. The van der Waals surface area contributed by atoms with Crippen LogP contribution in [0, 0.1) is 32.6 Å². The maximum absolute atomic E-state index is 14.4. The zero-order chi connectivity index (χ0) is 40.7. The van der Waals surface area contributed by atoms with Crippen LogP contribution < -0.4 is 21.3 Å². The summed E-state index contributed by atoms with van der Waals surface area (Å²) in [6.45, 7) is 11.6. The van der Waals surface area contributed by atoms with Gasteiger partial charge in [0.05, 0.1) is 50.8 Å². The predicted molar refractivity (Wildman–Crippen MR) is 214 cm³/mol. The molecule has 0 aliphatic carbocycles. The third-order valence-corrected chi connectivity index (χ3v) is 11.3. The molecule has 14 heteroatoms. The molecule has 1 amide bonds. The molecule has 1 fully saturated rings. The van der Waals surface area contributed by atoms with Gasteiger partial charge < -0.3 is 45.3 Å². The first kappa shape index (κ1) is 42.0. The van der Waals surface area contributed by atoms with Crippen LogP contribution >= 0.6 is 0 Å². The molecule has 8 bridgehead atoms. The Labute approximate surface area is 327 Å². The predicted octanol–water partition coefficient (Wildman–Crippen LogP) is 2.47. The average Bonchev–Trinajstić information content (AvgIpc) is 3.87. The van der Waals surface area contributed by atoms with Gasteiger partial charge in [-0.2, -0.15) is 0 Å². The highest BCUT2D eigenvalue weighted by atomic mass is 16.5. The van der Waals surface area contributed by atoms with Crippen LogP contribution in [0.25, 0.3) is 23.8 Å². The maximum atomic E-state index is 14.4. The number of ether oxygens (including phenoxy) is 2. The summed E-state index contributed by atoms with van der Waals surface area (Å²) in [4.78, 5) is 65.2. The normalized spacial score (nSPS) is 16.2. The smallest absolute Gasteiger partial charge is 0.310 e. The molecule has 0 aromatic carbocycles. The Hall–Kier alpha value is -5.18. The molecule has 1 saturated heterocycles. The summed E-state index contributed by atoms with van der Waals surface area (Å²) in [6, 6.07) is 0. The fourth-order valence-electron chi connectivity index (χ4n) is 7.99. The molecular formula is C42H56N6O8. The fraction of sp³-hybridized carbons (Fsp3) is 0.476. The van der Waals surface area contributed by atoms with Crippen LogP contribution in [0.15, 0.2) is 11.4 Å². The molecule has 3 aromatic heterocycles. The Morgan fingerprint density at radius 3 is 2.20 bits per heavy atom. The van der Waals surface area contributed by atoms with Crippen molar-refractivity contribution < 1.29 is 38.9 Å². The third kappa shape index (κ3) is 8.77. The first-order valence-electron chi connectivity index (χ1n) is 19.3. The molecule has 56 heavy (non-hydrogen) atoms. The van der Waals surface area contributed by atoms with E-state index in [1.807, 2.05) is 50.8 Å². The lowest BCUT2D eigenvalue weighted by molar-refractivity contribution is -0.141. The van der Waals surface area contributed by atoms with Crippen molar-refractivity contribution in [3.8, 4) is 0 Å². The molecular weight excluding hydrogens is 716 g/mol. The van der Waals surface area contributed by atoms with Crippen molar-refractivity contribution in [2.45, 2.75) is 66.7 Å². The zero-order valence-corrected chi connectivity index (χ0v) is 33.5. The number of rotatable bonds is 16. The van der Waals surface area contributed by atoms with Gasteiger partial charge in [-0.15, -0.1) is 0 Å². The van der Waals surface area contributed by atoms with Crippen LogP contribution in [0.3, 0.4) is 0 Å². The first-order chi connectivity index (χ1) is 26.9. The number of carbonyl (C=O) groups is 4. The van der Waals surface area contributed by atoms with Crippen LogP contribution in [0.5, 0.6) is 0 Å². The number of aliphatic hydroxyl groups is 2. The summed E-state index contributed by atoms with van der Waals surface area (Å²) in [5.41, 5.74) is 9.02. The number of nitrogens with one attached hydrogen (secondary N) is 5. The SMILES string of the molecule is CCc1c(C)c2[nH]c1=Cc1[nH]c(c(C(=O)NCCCN(CCO)CCO)c1C)C(CC(=O)OC)=C1NC(=Cc3[nH]c(c(C=O)c3C)C=2)C(C)C1CCC(=O)OC. The van der Waals surface area contributed by atoms with E-state index >= 15 is 0 Å². The first-order valence-corrected chi connectivity index (χ1v) is 19.3. The molecule has 0 spiro atoms. The average molecular weight is 773 g/mol. The minimum Gasteiger partial charge on any atom is -0.469 e. The third-order valence-electron chi connectivity index (χ3n) is 11.3. The summed E-state index contributed by atoms with van der Waals surface area (Å²) < 4.78 is 10.2. The number of amides is 1. The quantitative estimate of drug-likeness (QED) is 0.0645. The summed E-state index contributed by atoms with van der Waals surface area (Å²) in [5.74, 6) is -1.67. The van der Waals surface area contributed by atoms with Gasteiger partial charge in [-0.1, -0.05) is 13.8 Å². The number of carbonyl (C=O) groups excluding carboxylic acids is 4. The Balaban J connectivity index is 1.79. The largest absolute Gasteiger partial charge is 0.469 e. The molecule has 2 aliphatic heterocycles. The highest BCUT2D eigenvalue weighted by Crippen LogP contribution is 2.43. The van der Waals surface area contributed by atoms with Gasteiger partial charge in [-0.25, -0.2) is 0 Å². The second-order valence-corrected chi connectivity index (χ2v) is 14.5. The van der Waals surface area contributed by atoms with Crippen LogP contribution in [0.4, 0.5) is 0 Å². The molecule has 5 heterocycles. The van der Waals surface area contributed by atoms with E-state index in [2.05, 4.69) is 32.5 Å². The summed E-state index contributed by atoms with van der Waals surface area (Å²) in [5, 5.41) is 27.2. The van der Waals surface area contributed by atoms with Crippen molar-refractivity contribution in [3.63, 3.8) is 0 Å². The number of methoxy groups -OCH3 is 2. The number of aromatic amines is 3. The molecule has 0 saturated carbocycles. The van der Waals surface area contributed by atoms with E-state index in [1.165, 1.54) is 14.2 Å². The van der Waals surface area contributed by atoms with E-state index in [4.69, 9.17) is 9.47 Å². The zero-order valence-electron chi connectivity index (χ0n) is 33.5. The lowest BCUT2D eigenvalue weighted by Gasteiger charge is -2.20. The van der Waals surface area contributed by atoms with Gasteiger partial charge in [0.15, 0.2) is 6.29 Å². The van der Waals surface area contributed by atoms with Crippen LogP contribution in [-0.4, -0.2) is 108 Å². The van der Waals surface area contributed by atoms with Gasteiger partial charge in [-0.3, -0.25) is 24.1 Å². The molecule has 14 nitrogen and oxygen atoms in total. The van der Waals surface area contributed by atoms with Gasteiger partial charge in [0, 0.05) is 82.5 Å². The monoisotopic (exact) mass is 772 g/mol. The van der Waals surface area contributed by atoms with Gasteiger partial charge in [0.1, 0.15) is 0 Å². The number of fused-ring (bicyclic) bond motifs is 8. The standard InChI is InChI=1S/C42H56N6O8/c1-8-27-23(2)32-20-36-30(22-51)25(4)31(45-36)19-33-24(3)28(10-11-37(52)55-6)40(46-33)29(18-38(53)56-7)41-39(26(5)34(47-41)21-35(27)44-32)42(54)43-12-9-13-48(14-16-49)15-17-50/h19-22,24,28,44-47,49-50H,8-18H2,1-7H3,(H,43,54). The number of allylic oxidation sites excluding steroid dienone is 2. The van der Waals surface area contributed by atoms with Crippen LogP contribution in [-0.2, 0) is 25.5 Å². The van der Waals surface area contributed by atoms with E-state index in [0.29, 0.717) is 90.5 Å². The Morgan fingerprint density at radius 1 is 0.875 bits per heavy atom. The Bertz CT molecular complexity index is 2150. The second kappa shape index (κ2) is 18.6. The van der Waals surface area contributed by atoms with E-state index in [-0.39, 0.29) is 49.8 Å². The molecule has 3 aromatic rings. The number of esters is 2. The van der Waals surface area contributed by atoms with Crippen molar-refractivity contribution in [1.29, 1.82) is 0 Å². The van der Waals surface area contributed by atoms with Gasteiger partial charge in [0.2, 0.25) is 0 Å². The number of H-pyrrole nitrogens is 3. The van der Waals surface area contributed by atoms with Gasteiger partial charge in [0.25, 0.3) is 5.91 Å². The lowest BCUT2D eigenvalue weighted by atomic mass is 9.85. The molecule has 7 N–H and O–H groups in total. The Morgan fingerprint density at radius 2 is 1.55 bits per heavy atom. The fourth-order valence-corrected chi connectivity index (χ4v) is 7.99. The second-order valence-electron chi connectivity index (χ2n) is 14.5. The number of hydrogen-bond acceptors (Lipinski definition) is 10. The highest BCUT2D eigenvalue weighted by molar-refractivity contribution is 6.03. The number of aliphatic hydroxyl groups excluding tert-OH is 2. The number of aromatic nitrogens is 3. The van der Waals surface area contributed by atoms with Crippen molar-refractivity contribution in [2.24, 2.45) is 11.8 Å². The molecule has 0 radical (unpaired) electrons. The van der Waals surface area contributed by atoms with Crippen molar-refractivity contribution in [1.82, 2.24) is 30.5 Å². The Kier molecular flexibility index (Phi) is 14.0. The van der Waals surface area contributed by atoms with Crippen molar-refractivity contribution >= 4 is 47.9 Å². The van der Waals surface area contributed by atoms with Crippen LogP contribution in [0.2, 0.25) is 0 Å². The molecule has 2 aliphatic rings. The van der Waals surface area contributed by atoms with Gasteiger partial charge >= 0.3 is 11.9 Å². The van der Waals surface area contributed by atoms with Crippen molar-refractivity contribution in [2.75, 3.05) is 53.6 Å². The van der Waals surface area contributed by atoms with Crippen molar-refractivity contribution in [3.05, 3.63) is 78.2 Å². The number of nitrogens with zero attached hydrogens (tertiary/aromatic N) is 1. The minimum absolute atomic E-state index is 0.0374. The topological polar surface area (TPSA) is 202 Å². The summed E-state index contributed by atoms with van der Waals surface area (Å²) in [6.07, 6.45) is 8.40. The molecule has 2 atom stereocenters. The molecule has 5 rings (SSSR count). The summed E-state index contributed by atoms with van der Waals surface area (Å²) in [7, 11) is 2.67. The minimum atomic E-state index is -0.508. The van der Waals surface area contributed by atoms with E-state index in [1.54, 1.807) is 0 Å². The highest BCUT2D eigenvalue weighted by Gasteiger charge is 2.37.